The SMILES string of the molecule is O=S(=O)(N[C@@H](c1ccccc1)c1cc2cnccc2s1)c1ccc2c(c1)OCCCO2. The molecule has 2 aromatic heterocycles. The van der Waals surface area contributed by atoms with Crippen LogP contribution < -0.4 is 14.2 Å². The Kier molecular flexibility index (Phi) is 5.35. The van der Waals surface area contributed by atoms with Gasteiger partial charge in [0.15, 0.2) is 11.5 Å². The number of rotatable bonds is 5. The van der Waals surface area contributed by atoms with Crippen LogP contribution in [0, 0.1) is 0 Å². The van der Waals surface area contributed by atoms with Crippen LogP contribution in [0.15, 0.2) is 78.0 Å². The third-order valence-electron chi connectivity index (χ3n) is 5.06. The third kappa shape index (κ3) is 4.14. The molecule has 1 atom stereocenters. The van der Waals surface area contributed by atoms with Crippen molar-refractivity contribution >= 4 is 31.4 Å². The molecule has 3 heterocycles. The number of hydrogen-bond acceptors (Lipinski definition) is 6. The van der Waals surface area contributed by atoms with Crippen LogP contribution in [-0.4, -0.2) is 26.6 Å². The van der Waals surface area contributed by atoms with Crippen molar-refractivity contribution in [3.05, 3.63) is 83.5 Å². The predicted octanol–water partition coefficient (Wildman–Crippen LogP) is 4.53. The summed E-state index contributed by atoms with van der Waals surface area (Å²) >= 11 is 1.55. The second kappa shape index (κ2) is 8.30. The Morgan fingerprint density at radius 1 is 0.968 bits per heavy atom. The van der Waals surface area contributed by atoms with Gasteiger partial charge in [0.1, 0.15) is 0 Å². The molecule has 0 saturated carbocycles. The lowest BCUT2D eigenvalue weighted by Gasteiger charge is -2.19. The number of hydrogen-bond donors (Lipinski definition) is 1. The van der Waals surface area contributed by atoms with Crippen molar-refractivity contribution in [1.82, 2.24) is 9.71 Å². The first-order chi connectivity index (χ1) is 15.1. The van der Waals surface area contributed by atoms with E-state index >= 15 is 0 Å². The lowest BCUT2D eigenvalue weighted by molar-refractivity contribution is 0.297. The zero-order valence-corrected chi connectivity index (χ0v) is 18.2. The maximum atomic E-state index is 13.4. The number of aromatic nitrogens is 1. The first-order valence-corrected chi connectivity index (χ1v) is 12.2. The second-order valence-electron chi connectivity index (χ2n) is 7.19. The molecule has 4 aromatic rings. The number of nitrogens with zero attached hydrogens (tertiary/aromatic N) is 1. The molecule has 0 unspecified atom stereocenters. The van der Waals surface area contributed by atoms with Crippen molar-refractivity contribution in [3.8, 4) is 11.5 Å². The quantitative estimate of drug-likeness (QED) is 0.482. The van der Waals surface area contributed by atoms with Crippen LogP contribution in [0.25, 0.3) is 10.1 Å². The molecular weight excluding hydrogens is 432 g/mol. The van der Waals surface area contributed by atoms with Gasteiger partial charge in [0.2, 0.25) is 10.0 Å². The summed E-state index contributed by atoms with van der Waals surface area (Å²) in [6.45, 7) is 1.04. The molecule has 0 spiro atoms. The molecule has 2 aromatic carbocycles. The van der Waals surface area contributed by atoms with Crippen molar-refractivity contribution in [2.24, 2.45) is 0 Å². The van der Waals surface area contributed by atoms with E-state index in [1.54, 1.807) is 35.9 Å². The van der Waals surface area contributed by atoms with Crippen molar-refractivity contribution in [1.29, 1.82) is 0 Å². The summed E-state index contributed by atoms with van der Waals surface area (Å²) in [5, 5.41) is 0.984. The highest BCUT2D eigenvalue weighted by Crippen LogP contribution is 2.35. The molecule has 1 N–H and O–H groups in total. The minimum absolute atomic E-state index is 0.139. The largest absolute Gasteiger partial charge is 0.490 e. The van der Waals surface area contributed by atoms with Gasteiger partial charge in [0.25, 0.3) is 0 Å². The van der Waals surface area contributed by atoms with Gasteiger partial charge in [-0.2, -0.15) is 4.72 Å². The molecule has 1 aliphatic heterocycles. The normalized spacial score (nSPS) is 14.8. The average Bonchev–Trinajstić information content (AvgIpc) is 3.08. The van der Waals surface area contributed by atoms with E-state index in [0.717, 1.165) is 26.9 Å². The lowest BCUT2D eigenvalue weighted by Crippen LogP contribution is -2.29. The summed E-state index contributed by atoms with van der Waals surface area (Å²) in [7, 11) is -3.83. The van der Waals surface area contributed by atoms with E-state index in [9.17, 15) is 8.42 Å². The Labute approximate surface area is 184 Å². The molecule has 0 fully saturated rings. The minimum Gasteiger partial charge on any atom is -0.490 e. The van der Waals surface area contributed by atoms with E-state index in [4.69, 9.17) is 9.47 Å². The maximum absolute atomic E-state index is 13.4. The summed E-state index contributed by atoms with van der Waals surface area (Å²) in [4.78, 5) is 5.21. The van der Waals surface area contributed by atoms with Crippen molar-refractivity contribution < 1.29 is 17.9 Å². The number of thiophene rings is 1. The maximum Gasteiger partial charge on any atom is 0.241 e. The van der Waals surface area contributed by atoms with E-state index in [-0.39, 0.29) is 4.90 Å². The minimum atomic E-state index is -3.83. The molecule has 31 heavy (non-hydrogen) atoms. The number of ether oxygens (including phenoxy) is 2. The van der Waals surface area contributed by atoms with Gasteiger partial charge in [0, 0.05) is 39.8 Å². The molecule has 5 rings (SSSR count). The number of sulfonamides is 1. The predicted molar refractivity (Wildman–Crippen MR) is 120 cm³/mol. The highest BCUT2D eigenvalue weighted by molar-refractivity contribution is 7.89. The van der Waals surface area contributed by atoms with Gasteiger partial charge in [-0.3, -0.25) is 4.98 Å². The van der Waals surface area contributed by atoms with Crippen molar-refractivity contribution in [3.63, 3.8) is 0 Å². The Hall–Kier alpha value is -2.94. The molecule has 6 nitrogen and oxygen atoms in total. The third-order valence-corrected chi connectivity index (χ3v) is 7.66. The number of benzene rings is 2. The van der Waals surface area contributed by atoms with Gasteiger partial charge in [-0.05, 0) is 29.8 Å². The summed E-state index contributed by atoms with van der Waals surface area (Å²) in [6.07, 6.45) is 4.28. The monoisotopic (exact) mass is 452 g/mol. The molecule has 1 aliphatic rings. The van der Waals surface area contributed by atoms with E-state index in [2.05, 4.69) is 9.71 Å². The molecule has 0 bridgehead atoms. The highest BCUT2D eigenvalue weighted by atomic mass is 32.2. The Bertz CT molecular complexity index is 1290. The molecular formula is C23H20N2O4S2. The van der Waals surface area contributed by atoms with Gasteiger partial charge in [-0.25, -0.2) is 8.42 Å². The van der Waals surface area contributed by atoms with Crippen LogP contribution in [0.3, 0.4) is 0 Å². The lowest BCUT2D eigenvalue weighted by atomic mass is 10.1. The fourth-order valence-corrected chi connectivity index (χ4v) is 5.92. The van der Waals surface area contributed by atoms with Crippen LogP contribution in [-0.2, 0) is 10.0 Å². The van der Waals surface area contributed by atoms with Crippen molar-refractivity contribution in [2.75, 3.05) is 13.2 Å². The van der Waals surface area contributed by atoms with E-state index in [1.807, 2.05) is 42.5 Å². The first kappa shape index (κ1) is 20.0. The number of nitrogens with one attached hydrogen (secondary N) is 1. The fourth-order valence-electron chi connectivity index (χ4n) is 3.52. The van der Waals surface area contributed by atoms with E-state index < -0.39 is 16.1 Å². The summed E-state index contributed by atoms with van der Waals surface area (Å²) in [5.41, 5.74) is 0.861. The standard InChI is InChI=1S/C23H20N2O4S2/c26-31(27,18-7-8-19-20(14-18)29-12-4-11-28-19)25-23(16-5-2-1-3-6-16)22-13-17-15-24-10-9-21(17)30-22/h1-3,5-10,13-15,23,25H,4,11-12H2/t23-/m0/s1. The molecule has 8 heteroatoms. The number of pyridine rings is 1. The van der Waals surface area contributed by atoms with Crippen LogP contribution >= 0.6 is 11.3 Å². The molecule has 0 amide bonds. The Balaban J connectivity index is 1.54. The second-order valence-corrected chi connectivity index (χ2v) is 10.0. The Morgan fingerprint density at radius 3 is 2.58 bits per heavy atom. The fraction of sp³-hybridized carbons (Fsp3) is 0.174. The highest BCUT2D eigenvalue weighted by Gasteiger charge is 2.26. The molecule has 158 valence electrons. The van der Waals surface area contributed by atoms with Gasteiger partial charge < -0.3 is 9.47 Å². The smallest absolute Gasteiger partial charge is 0.241 e. The zero-order valence-electron chi connectivity index (χ0n) is 16.5. The van der Waals surface area contributed by atoms with E-state index in [0.29, 0.717) is 24.7 Å². The van der Waals surface area contributed by atoms with Gasteiger partial charge in [-0.1, -0.05) is 30.3 Å². The number of fused-ring (bicyclic) bond motifs is 2. The molecule has 0 radical (unpaired) electrons. The molecule has 0 aliphatic carbocycles. The van der Waals surface area contributed by atoms with Gasteiger partial charge >= 0.3 is 0 Å². The summed E-state index contributed by atoms with van der Waals surface area (Å²) in [5.74, 6) is 1.01. The summed E-state index contributed by atoms with van der Waals surface area (Å²) < 4.78 is 42.0. The van der Waals surface area contributed by atoms with Crippen LogP contribution in [0.5, 0.6) is 11.5 Å². The van der Waals surface area contributed by atoms with Gasteiger partial charge in [0.05, 0.1) is 24.2 Å². The average molecular weight is 453 g/mol. The Morgan fingerprint density at radius 2 is 1.77 bits per heavy atom. The first-order valence-electron chi connectivity index (χ1n) is 9.90. The summed E-state index contributed by atoms with van der Waals surface area (Å²) in [6, 6.07) is 17.7. The zero-order chi connectivity index (χ0) is 21.3. The van der Waals surface area contributed by atoms with Crippen molar-refractivity contribution in [2.45, 2.75) is 17.4 Å². The topological polar surface area (TPSA) is 77.5 Å². The molecule has 0 saturated heterocycles. The van der Waals surface area contributed by atoms with Gasteiger partial charge in [-0.15, -0.1) is 11.3 Å². The van der Waals surface area contributed by atoms with Crippen LogP contribution in [0.2, 0.25) is 0 Å². The van der Waals surface area contributed by atoms with Crippen LogP contribution in [0.4, 0.5) is 0 Å². The van der Waals surface area contributed by atoms with Crippen LogP contribution in [0.1, 0.15) is 22.9 Å². The van der Waals surface area contributed by atoms with E-state index in [1.165, 1.54) is 6.07 Å².